The second-order valence-corrected chi connectivity index (χ2v) is 6.63. The maximum Gasteiger partial charge on any atom is 0.344 e. The van der Waals surface area contributed by atoms with Crippen LogP contribution >= 0.6 is 0 Å². The summed E-state index contributed by atoms with van der Waals surface area (Å²) >= 11 is 0. The molecule has 0 bridgehead atoms. The van der Waals surface area contributed by atoms with Crippen LogP contribution in [0.4, 0.5) is 11.5 Å². The number of cyclic esters (lactones) is 1. The highest BCUT2D eigenvalue weighted by Gasteiger charge is 2.36. The molecule has 1 atom stereocenters. The van der Waals surface area contributed by atoms with Crippen LogP contribution in [0.25, 0.3) is 0 Å². The third kappa shape index (κ3) is 3.85. The lowest BCUT2D eigenvalue weighted by molar-refractivity contribution is 0.0434. The molecule has 1 aromatic heterocycles. The first-order valence-corrected chi connectivity index (χ1v) is 9.54. The molecule has 0 saturated carbocycles. The number of hydrogen-bond donors (Lipinski definition) is 2. The molecule has 0 aliphatic carbocycles. The Morgan fingerprint density at radius 1 is 0.969 bits per heavy atom. The minimum atomic E-state index is -0.887. The number of hydrogen-bond acceptors (Lipinski definition) is 9. The van der Waals surface area contributed by atoms with Gasteiger partial charge in [-0.2, -0.15) is 0 Å². The number of esters is 1. The van der Waals surface area contributed by atoms with E-state index in [1.165, 1.54) is 26.6 Å². The summed E-state index contributed by atoms with van der Waals surface area (Å²) in [5.41, 5.74) is 1.37. The molecule has 2 aromatic carbocycles. The SMILES string of the molecule is COc1ccc(NC(=O)c2nccnc2N[C@H]2OC(=O)c3c2ccc(OC)c3OC)cc1. The number of anilines is 2. The minimum Gasteiger partial charge on any atom is -0.497 e. The van der Waals surface area contributed by atoms with Crippen LogP contribution in [0, 0.1) is 0 Å². The highest BCUT2D eigenvalue weighted by atomic mass is 16.6. The predicted molar refractivity (Wildman–Crippen MR) is 114 cm³/mol. The zero-order chi connectivity index (χ0) is 22.7. The van der Waals surface area contributed by atoms with Gasteiger partial charge in [0.05, 0.1) is 21.3 Å². The largest absolute Gasteiger partial charge is 0.497 e. The van der Waals surface area contributed by atoms with E-state index in [4.69, 9.17) is 18.9 Å². The summed E-state index contributed by atoms with van der Waals surface area (Å²) in [5, 5.41) is 5.73. The van der Waals surface area contributed by atoms with Crippen molar-refractivity contribution in [2.24, 2.45) is 0 Å². The van der Waals surface area contributed by atoms with Crippen LogP contribution in [0.5, 0.6) is 17.2 Å². The molecule has 3 aromatic rings. The minimum absolute atomic E-state index is 0.0355. The van der Waals surface area contributed by atoms with Gasteiger partial charge in [-0.05, 0) is 36.4 Å². The van der Waals surface area contributed by atoms with Crippen molar-refractivity contribution >= 4 is 23.4 Å². The van der Waals surface area contributed by atoms with Crippen LogP contribution < -0.4 is 24.8 Å². The van der Waals surface area contributed by atoms with Crippen LogP contribution in [0.1, 0.15) is 32.6 Å². The maximum atomic E-state index is 12.8. The standard InChI is InChI=1S/C22H20N4O6/c1-29-13-6-4-12(5-7-13)25-20(27)17-19(24-11-10-23-17)26-21-14-8-9-15(30-2)18(31-3)16(14)22(28)32-21/h4-11,21H,1-3H3,(H,24,26)(H,25,27)/t21-/m0/s1. The summed E-state index contributed by atoms with van der Waals surface area (Å²) in [7, 11) is 4.48. The number of methoxy groups -OCH3 is 3. The molecule has 0 unspecified atom stereocenters. The summed E-state index contributed by atoms with van der Waals surface area (Å²) < 4.78 is 21.2. The van der Waals surface area contributed by atoms with Gasteiger partial charge in [-0.1, -0.05) is 0 Å². The highest BCUT2D eigenvalue weighted by molar-refractivity contribution is 6.06. The van der Waals surface area contributed by atoms with Gasteiger partial charge in [0.15, 0.2) is 23.0 Å². The van der Waals surface area contributed by atoms with Crippen molar-refractivity contribution in [2.45, 2.75) is 6.23 Å². The van der Waals surface area contributed by atoms with E-state index in [1.54, 1.807) is 43.5 Å². The zero-order valence-electron chi connectivity index (χ0n) is 17.5. The average Bonchev–Trinajstić information content (AvgIpc) is 3.14. The molecule has 164 valence electrons. The van der Waals surface area contributed by atoms with Gasteiger partial charge >= 0.3 is 5.97 Å². The topological polar surface area (TPSA) is 121 Å². The van der Waals surface area contributed by atoms with Crippen molar-refractivity contribution < 1.29 is 28.5 Å². The molecular formula is C22H20N4O6. The number of benzene rings is 2. The molecule has 0 radical (unpaired) electrons. The molecule has 10 heteroatoms. The van der Waals surface area contributed by atoms with Crippen molar-refractivity contribution in [1.82, 2.24) is 9.97 Å². The Kier molecular flexibility index (Phi) is 5.75. The summed E-state index contributed by atoms with van der Waals surface area (Å²) in [4.78, 5) is 33.7. The fraction of sp³-hybridized carbons (Fsp3) is 0.182. The van der Waals surface area contributed by atoms with Gasteiger partial charge in [-0.25, -0.2) is 14.8 Å². The third-order valence-electron chi connectivity index (χ3n) is 4.82. The number of amides is 1. The Morgan fingerprint density at radius 3 is 2.41 bits per heavy atom. The Labute approximate surface area is 183 Å². The Hall–Kier alpha value is -4.34. The number of ether oxygens (including phenoxy) is 4. The molecule has 4 rings (SSSR count). The van der Waals surface area contributed by atoms with E-state index >= 15 is 0 Å². The lowest BCUT2D eigenvalue weighted by atomic mass is 10.1. The normalized spacial score (nSPS) is 14.2. The van der Waals surface area contributed by atoms with E-state index in [0.717, 1.165) is 0 Å². The van der Waals surface area contributed by atoms with Crippen molar-refractivity contribution in [1.29, 1.82) is 0 Å². The van der Waals surface area contributed by atoms with Gasteiger partial charge in [0.1, 0.15) is 11.3 Å². The van der Waals surface area contributed by atoms with Crippen LogP contribution in [0.3, 0.4) is 0 Å². The second kappa shape index (κ2) is 8.80. The van der Waals surface area contributed by atoms with Gasteiger partial charge in [-0.15, -0.1) is 0 Å². The number of nitrogens with one attached hydrogen (secondary N) is 2. The predicted octanol–water partition coefficient (Wildman–Crippen LogP) is 3.04. The number of carbonyl (C=O) groups is 2. The monoisotopic (exact) mass is 436 g/mol. The molecule has 2 N–H and O–H groups in total. The van der Waals surface area contributed by atoms with E-state index < -0.39 is 18.1 Å². The molecule has 0 fully saturated rings. The highest BCUT2D eigenvalue weighted by Crippen LogP contribution is 2.42. The smallest absolute Gasteiger partial charge is 0.344 e. The van der Waals surface area contributed by atoms with Crippen LogP contribution in [-0.4, -0.2) is 43.2 Å². The molecule has 2 heterocycles. The van der Waals surface area contributed by atoms with Crippen molar-refractivity contribution in [2.75, 3.05) is 32.0 Å². The Bertz CT molecular complexity index is 1170. The average molecular weight is 436 g/mol. The number of nitrogens with zero attached hydrogens (tertiary/aromatic N) is 2. The van der Waals surface area contributed by atoms with E-state index in [1.807, 2.05) is 0 Å². The molecule has 1 aliphatic rings. The fourth-order valence-corrected chi connectivity index (χ4v) is 3.31. The molecule has 32 heavy (non-hydrogen) atoms. The first kappa shape index (κ1) is 20.9. The molecule has 1 aliphatic heterocycles. The number of aromatic nitrogens is 2. The Morgan fingerprint density at radius 2 is 1.72 bits per heavy atom. The number of fused-ring (bicyclic) bond motifs is 1. The lowest BCUT2D eigenvalue weighted by Gasteiger charge is -2.16. The summed E-state index contributed by atoms with van der Waals surface area (Å²) in [6, 6.07) is 10.2. The van der Waals surface area contributed by atoms with E-state index in [2.05, 4.69) is 20.6 Å². The van der Waals surface area contributed by atoms with Crippen LogP contribution in [-0.2, 0) is 4.74 Å². The summed E-state index contributed by atoms with van der Waals surface area (Å²) in [6.07, 6.45) is 1.94. The van der Waals surface area contributed by atoms with E-state index in [0.29, 0.717) is 22.7 Å². The van der Waals surface area contributed by atoms with Crippen molar-refractivity contribution in [3.63, 3.8) is 0 Å². The van der Waals surface area contributed by atoms with Gasteiger partial charge in [0.2, 0.25) is 6.23 Å². The van der Waals surface area contributed by atoms with Gasteiger partial charge in [0, 0.05) is 23.6 Å². The van der Waals surface area contributed by atoms with Crippen LogP contribution in [0.15, 0.2) is 48.8 Å². The van der Waals surface area contributed by atoms with E-state index in [-0.39, 0.29) is 22.8 Å². The van der Waals surface area contributed by atoms with Gasteiger partial charge in [0.25, 0.3) is 5.91 Å². The van der Waals surface area contributed by atoms with Crippen molar-refractivity contribution in [3.05, 3.63) is 65.6 Å². The zero-order valence-corrected chi connectivity index (χ0v) is 17.5. The second-order valence-electron chi connectivity index (χ2n) is 6.63. The molecule has 1 amide bonds. The third-order valence-corrected chi connectivity index (χ3v) is 4.82. The van der Waals surface area contributed by atoms with Gasteiger partial charge in [-0.3, -0.25) is 4.79 Å². The molecule has 0 saturated heterocycles. The van der Waals surface area contributed by atoms with Gasteiger partial charge < -0.3 is 29.6 Å². The first-order valence-electron chi connectivity index (χ1n) is 9.54. The fourth-order valence-electron chi connectivity index (χ4n) is 3.31. The number of carbonyl (C=O) groups excluding carboxylic acids is 2. The number of rotatable bonds is 7. The first-order chi connectivity index (χ1) is 15.5. The Balaban J connectivity index is 1.59. The summed E-state index contributed by atoms with van der Waals surface area (Å²) in [6.45, 7) is 0. The molecule has 0 spiro atoms. The quantitative estimate of drug-likeness (QED) is 0.538. The molecule has 10 nitrogen and oxygen atoms in total. The maximum absolute atomic E-state index is 12.8. The van der Waals surface area contributed by atoms with Crippen molar-refractivity contribution in [3.8, 4) is 17.2 Å². The summed E-state index contributed by atoms with van der Waals surface area (Å²) in [5.74, 6) is 0.431. The lowest BCUT2D eigenvalue weighted by Crippen LogP contribution is -2.19. The molecular weight excluding hydrogens is 416 g/mol. The van der Waals surface area contributed by atoms with Crippen LogP contribution in [0.2, 0.25) is 0 Å². The van der Waals surface area contributed by atoms with E-state index in [9.17, 15) is 9.59 Å².